The number of hydrogen-bond acceptors (Lipinski definition) is 4. The lowest BCUT2D eigenvalue weighted by atomic mass is 9.89. The van der Waals surface area contributed by atoms with Crippen LogP contribution >= 0.6 is 11.6 Å². The molecule has 5 nitrogen and oxygen atoms in total. The highest BCUT2D eigenvalue weighted by Crippen LogP contribution is 2.29. The minimum Gasteiger partial charge on any atom is -0.497 e. The quantitative estimate of drug-likeness (QED) is 0.892. The number of carbonyl (C=O) groups is 1. The van der Waals surface area contributed by atoms with Crippen LogP contribution in [0.3, 0.4) is 0 Å². The van der Waals surface area contributed by atoms with Crippen molar-refractivity contribution < 1.29 is 14.6 Å². The zero-order chi connectivity index (χ0) is 17.0. The highest BCUT2D eigenvalue weighted by atomic mass is 35.5. The van der Waals surface area contributed by atoms with Crippen LogP contribution in [0.2, 0.25) is 5.02 Å². The third kappa shape index (κ3) is 4.83. The second-order valence-electron chi connectivity index (χ2n) is 6.46. The van der Waals surface area contributed by atoms with Crippen molar-refractivity contribution in [1.29, 1.82) is 0 Å². The molecule has 0 aliphatic carbocycles. The summed E-state index contributed by atoms with van der Waals surface area (Å²) in [6.45, 7) is 2.02. The SMILES string of the molecule is COc1ccc(CN2CCCC(O)(CC(=O)N(C)C)C2)c(Cl)c1. The van der Waals surface area contributed by atoms with Crippen LogP contribution in [0.25, 0.3) is 0 Å². The van der Waals surface area contributed by atoms with Crippen molar-refractivity contribution in [2.24, 2.45) is 0 Å². The maximum Gasteiger partial charge on any atom is 0.224 e. The van der Waals surface area contributed by atoms with Gasteiger partial charge in [-0.25, -0.2) is 0 Å². The molecule has 1 N–H and O–H groups in total. The summed E-state index contributed by atoms with van der Waals surface area (Å²) in [5, 5.41) is 11.4. The van der Waals surface area contributed by atoms with Gasteiger partial charge in [-0.15, -0.1) is 0 Å². The van der Waals surface area contributed by atoms with E-state index in [-0.39, 0.29) is 12.3 Å². The van der Waals surface area contributed by atoms with Crippen LogP contribution in [0.5, 0.6) is 5.75 Å². The summed E-state index contributed by atoms with van der Waals surface area (Å²) >= 11 is 6.29. The van der Waals surface area contributed by atoms with E-state index in [0.29, 0.717) is 24.5 Å². The second-order valence-corrected chi connectivity index (χ2v) is 6.87. The first-order valence-corrected chi connectivity index (χ1v) is 8.18. The van der Waals surface area contributed by atoms with Crippen molar-refractivity contribution in [2.45, 2.75) is 31.4 Å². The number of piperidine rings is 1. The number of nitrogens with zero attached hydrogens (tertiary/aromatic N) is 2. The Kier molecular flexibility index (Phi) is 5.89. The lowest BCUT2D eigenvalue weighted by molar-refractivity contribution is -0.136. The fourth-order valence-corrected chi connectivity index (χ4v) is 3.18. The van der Waals surface area contributed by atoms with Gasteiger partial charge in [-0.3, -0.25) is 9.69 Å². The van der Waals surface area contributed by atoms with Crippen molar-refractivity contribution in [3.8, 4) is 5.75 Å². The average molecular weight is 341 g/mol. The molecule has 128 valence electrons. The monoisotopic (exact) mass is 340 g/mol. The summed E-state index contributed by atoms with van der Waals surface area (Å²) in [7, 11) is 5.03. The predicted molar refractivity (Wildman–Crippen MR) is 90.8 cm³/mol. The van der Waals surface area contributed by atoms with Gasteiger partial charge in [0.25, 0.3) is 0 Å². The molecule has 1 unspecified atom stereocenters. The Bertz CT molecular complexity index is 565. The van der Waals surface area contributed by atoms with Gasteiger partial charge in [-0.05, 0) is 37.1 Å². The number of carbonyl (C=O) groups excluding carboxylic acids is 1. The summed E-state index contributed by atoms with van der Waals surface area (Å²) in [6.07, 6.45) is 1.68. The standard InChI is InChI=1S/C17H25ClN2O3/c1-19(2)16(21)10-17(22)7-4-8-20(12-17)11-13-5-6-14(23-3)9-15(13)18/h5-6,9,22H,4,7-8,10-12H2,1-3H3. The van der Waals surface area contributed by atoms with Crippen LogP contribution in [-0.4, -0.2) is 60.7 Å². The molecule has 6 heteroatoms. The van der Waals surface area contributed by atoms with Crippen LogP contribution in [0.1, 0.15) is 24.8 Å². The molecule has 1 aromatic rings. The molecule has 1 aliphatic rings. The Balaban J connectivity index is 2.02. The number of halogens is 1. The summed E-state index contributed by atoms with van der Waals surface area (Å²) in [5.74, 6) is 0.683. The maximum atomic E-state index is 11.9. The molecule has 23 heavy (non-hydrogen) atoms. The number of β-amino-alcohol motifs (C(OH)–C–C–N with tert-alkyl or cyclic N) is 1. The lowest BCUT2D eigenvalue weighted by Gasteiger charge is -2.39. The van der Waals surface area contributed by atoms with Crippen molar-refractivity contribution in [1.82, 2.24) is 9.80 Å². The first-order chi connectivity index (χ1) is 10.8. The number of likely N-dealkylation sites (tertiary alicyclic amines) is 1. The molecule has 1 fully saturated rings. The number of benzene rings is 1. The molecule has 1 heterocycles. The van der Waals surface area contributed by atoms with E-state index < -0.39 is 5.60 Å². The number of rotatable bonds is 5. The van der Waals surface area contributed by atoms with Gasteiger partial charge < -0.3 is 14.7 Å². The third-order valence-corrected chi connectivity index (χ3v) is 4.62. The Morgan fingerprint density at radius 3 is 2.83 bits per heavy atom. The maximum absolute atomic E-state index is 11.9. The highest BCUT2D eigenvalue weighted by Gasteiger charge is 2.35. The summed E-state index contributed by atoms with van der Waals surface area (Å²) in [6, 6.07) is 5.62. The van der Waals surface area contributed by atoms with E-state index in [0.717, 1.165) is 24.3 Å². The Labute approximate surface area is 142 Å². The van der Waals surface area contributed by atoms with Crippen molar-refractivity contribution in [2.75, 3.05) is 34.3 Å². The molecule has 0 aromatic heterocycles. The van der Waals surface area contributed by atoms with E-state index in [2.05, 4.69) is 4.90 Å². The number of aliphatic hydroxyl groups is 1. The first-order valence-electron chi connectivity index (χ1n) is 7.80. The average Bonchev–Trinajstić information content (AvgIpc) is 2.48. The van der Waals surface area contributed by atoms with Gasteiger partial charge in [0.2, 0.25) is 5.91 Å². The Morgan fingerprint density at radius 2 is 2.22 bits per heavy atom. The van der Waals surface area contributed by atoms with E-state index in [1.165, 1.54) is 4.90 Å². The zero-order valence-electron chi connectivity index (χ0n) is 14.0. The van der Waals surface area contributed by atoms with E-state index in [9.17, 15) is 9.90 Å². The van der Waals surface area contributed by atoms with Crippen molar-refractivity contribution in [3.05, 3.63) is 28.8 Å². The van der Waals surface area contributed by atoms with Crippen LogP contribution in [0.15, 0.2) is 18.2 Å². The molecular weight excluding hydrogens is 316 g/mol. The molecule has 1 amide bonds. The molecule has 1 atom stereocenters. The van der Waals surface area contributed by atoms with Gasteiger partial charge in [0, 0.05) is 32.2 Å². The molecule has 0 radical (unpaired) electrons. The van der Waals surface area contributed by atoms with Crippen LogP contribution in [0, 0.1) is 0 Å². The molecule has 2 rings (SSSR count). The Hall–Kier alpha value is -1.30. The topological polar surface area (TPSA) is 53.0 Å². The highest BCUT2D eigenvalue weighted by molar-refractivity contribution is 6.31. The molecule has 0 saturated carbocycles. The Morgan fingerprint density at radius 1 is 1.48 bits per heavy atom. The number of methoxy groups -OCH3 is 1. The summed E-state index contributed by atoms with van der Waals surface area (Å²) in [4.78, 5) is 15.6. The molecule has 1 aliphatic heterocycles. The number of hydrogen-bond donors (Lipinski definition) is 1. The van der Waals surface area contributed by atoms with Gasteiger partial charge in [0.15, 0.2) is 0 Å². The van der Waals surface area contributed by atoms with Crippen molar-refractivity contribution in [3.63, 3.8) is 0 Å². The molecule has 0 spiro atoms. The minimum atomic E-state index is -0.960. The van der Waals surface area contributed by atoms with Gasteiger partial charge in [0.05, 0.1) is 19.1 Å². The van der Waals surface area contributed by atoms with Gasteiger partial charge in [-0.2, -0.15) is 0 Å². The summed E-state index contributed by atoms with van der Waals surface area (Å²) < 4.78 is 5.16. The minimum absolute atomic E-state index is 0.0446. The molecular formula is C17H25ClN2O3. The molecule has 1 saturated heterocycles. The smallest absolute Gasteiger partial charge is 0.224 e. The third-order valence-electron chi connectivity index (χ3n) is 4.27. The largest absolute Gasteiger partial charge is 0.497 e. The van der Waals surface area contributed by atoms with E-state index in [4.69, 9.17) is 16.3 Å². The van der Waals surface area contributed by atoms with Crippen molar-refractivity contribution >= 4 is 17.5 Å². The first kappa shape index (κ1) is 18.0. The summed E-state index contributed by atoms with van der Waals surface area (Å²) in [5.41, 5.74) is 0.0362. The fraction of sp³-hybridized carbons (Fsp3) is 0.588. The van der Waals surface area contributed by atoms with Crippen LogP contribution < -0.4 is 4.74 Å². The fourth-order valence-electron chi connectivity index (χ4n) is 2.95. The normalized spacial score (nSPS) is 22.0. The molecule has 1 aromatic carbocycles. The number of amides is 1. The van der Waals surface area contributed by atoms with E-state index in [1.54, 1.807) is 27.3 Å². The zero-order valence-corrected chi connectivity index (χ0v) is 14.8. The number of ether oxygens (including phenoxy) is 1. The lowest BCUT2D eigenvalue weighted by Crippen LogP contribution is -2.50. The van der Waals surface area contributed by atoms with Gasteiger partial charge in [-0.1, -0.05) is 17.7 Å². The van der Waals surface area contributed by atoms with Gasteiger partial charge >= 0.3 is 0 Å². The predicted octanol–water partition coefficient (Wildman–Crippen LogP) is 2.15. The van der Waals surface area contributed by atoms with Crippen LogP contribution in [-0.2, 0) is 11.3 Å². The van der Waals surface area contributed by atoms with Crippen LogP contribution in [0.4, 0.5) is 0 Å². The van der Waals surface area contributed by atoms with E-state index in [1.807, 2.05) is 12.1 Å². The van der Waals surface area contributed by atoms with Gasteiger partial charge in [0.1, 0.15) is 5.75 Å². The second kappa shape index (κ2) is 7.51. The van der Waals surface area contributed by atoms with E-state index >= 15 is 0 Å². The molecule has 0 bridgehead atoms.